The van der Waals surface area contributed by atoms with Crippen LogP contribution in [-0.2, 0) is 9.53 Å². The van der Waals surface area contributed by atoms with E-state index in [1.807, 2.05) is 0 Å². The molecule has 118 valence electrons. The molecule has 1 N–H and O–H groups in total. The van der Waals surface area contributed by atoms with Gasteiger partial charge in [-0.1, -0.05) is 37.7 Å². The molecule has 1 fully saturated rings. The summed E-state index contributed by atoms with van der Waals surface area (Å²) in [6.07, 6.45) is 12.3. The summed E-state index contributed by atoms with van der Waals surface area (Å²) in [4.78, 5) is 11.9. The van der Waals surface area contributed by atoms with Crippen LogP contribution in [0.1, 0.15) is 58.3 Å². The minimum Gasteiger partial charge on any atom is -0.451 e. The number of rotatable bonds is 2. The molecule has 1 aliphatic carbocycles. The molecule has 0 aromatic heterocycles. The topological polar surface area (TPSA) is 38.3 Å². The predicted molar refractivity (Wildman–Crippen MR) is 87.2 cm³/mol. The van der Waals surface area contributed by atoms with Gasteiger partial charge in [0.15, 0.2) is 0 Å². The molecule has 0 radical (unpaired) electrons. The van der Waals surface area contributed by atoms with Gasteiger partial charge in [0.2, 0.25) is 0 Å². The molecular weight excluding hydrogens is 274 g/mol. The van der Waals surface area contributed by atoms with Crippen LogP contribution in [0.2, 0.25) is 0 Å². The molecule has 2 heterocycles. The molecule has 3 aliphatic rings. The van der Waals surface area contributed by atoms with Gasteiger partial charge in [0, 0.05) is 36.1 Å². The number of fused-ring (bicyclic) bond motifs is 1. The van der Waals surface area contributed by atoms with Gasteiger partial charge in [0.25, 0.3) is 0 Å². The summed E-state index contributed by atoms with van der Waals surface area (Å²) in [6, 6.07) is 0.261. The molecule has 3 rings (SSSR count). The maximum atomic E-state index is 11.9. The van der Waals surface area contributed by atoms with Crippen molar-refractivity contribution in [2.75, 3.05) is 6.54 Å². The first-order valence-corrected chi connectivity index (χ1v) is 8.63. The Bertz CT molecular complexity index is 564. The van der Waals surface area contributed by atoms with Crippen molar-refractivity contribution in [3.05, 3.63) is 23.3 Å². The molecular formula is C19H25NO2. The van der Waals surface area contributed by atoms with Crippen molar-refractivity contribution in [2.24, 2.45) is 0 Å². The van der Waals surface area contributed by atoms with E-state index in [-0.39, 0.29) is 12.0 Å². The van der Waals surface area contributed by atoms with Crippen LogP contribution in [0.25, 0.3) is 0 Å². The van der Waals surface area contributed by atoms with E-state index in [9.17, 15) is 4.79 Å². The van der Waals surface area contributed by atoms with E-state index in [1.165, 1.54) is 12.8 Å². The summed E-state index contributed by atoms with van der Waals surface area (Å²) in [7, 11) is 0. The summed E-state index contributed by atoms with van der Waals surface area (Å²) >= 11 is 0. The zero-order valence-corrected chi connectivity index (χ0v) is 13.4. The van der Waals surface area contributed by atoms with E-state index in [4.69, 9.17) is 4.74 Å². The summed E-state index contributed by atoms with van der Waals surface area (Å²) in [6.45, 7) is 3.20. The Kier molecular flexibility index (Phi) is 4.69. The molecule has 0 amide bonds. The molecule has 2 atom stereocenters. The van der Waals surface area contributed by atoms with E-state index in [0.29, 0.717) is 0 Å². The van der Waals surface area contributed by atoms with Crippen LogP contribution in [0.5, 0.6) is 0 Å². The Balaban J connectivity index is 1.91. The number of nitrogens with one attached hydrogen (secondary N) is 1. The van der Waals surface area contributed by atoms with Crippen LogP contribution in [0, 0.1) is 11.8 Å². The lowest BCUT2D eigenvalue weighted by Gasteiger charge is -2.37. The lowest BCUT2D eigenvalue weighted by atomic mass is 9.75. The highest BCUT2D eigenvalue weighted by Crippen LogP contribution is 2.44. The van der Waals surface area contributed by atoms with E-state index in [2.05, 4.69) is 30.2 Å². The van der Waals surface area contributed by atoms with Crippen LogP contribution in [0.4, 0.5) is 0 Å². The van der Waals surface area contributed by atoms with Crippen molar-refractivity contribution in [1.29, 1.82) is 0 Å². The fourth-order valence-electron chi connectivity index (χ4n) is 3.66. The number of ether oxygens (including phenoxy) is 1. The third-order valence-electron chi connectivity index (χ3n) is 4.80. The van der Waals surface area contributed by atoms with E-state index in [0.717, 1.165) is 56.2 Å². The van der Waals surface area contributed by atoms with Crippen molar-refractivity contribution in [1.82, 2.24) is 5.32 Å². The Labute approximate surface area is 133 Å². The van der Waals surface area contributed by atoms with Crippen molar-refractivity contribution < 1.29 is 9.53 Å². The second-order valence-electron chi connectivity index (χ2n) is 6.53. The Morgan fingerprint density at radius 1 is 1.41 bits per heavy atom. The van der Waals surface area contributed by atoms with Crippen molar-refractivity contribution >= 4 is 5.97 Å². The SMILES string of the molecule is CCCCC#CC1=CC2CC3(CCCCCN2)OC(=O)C=C13. The van der Waals surface area contributed by atoms with Crippen molar-refractivity contribution in [3.8, 4) is 11.8 Å². The maximum Gasteiger partial charge on any atom is 0.332 e. The van der Waals surface area contributed by atoms with Gasteiger partial charge in [-0.05, 0) is 32.2 Å². The number of esters is 1. The first kappa shape index (κ1) is 15.4. The molecule has 0 saturated carbocycles. The van der Waals surface area contributed by atoms with E-state index < -0.39 is 5.60 Å². The normalized spacial score (nSPS) is 30.6. The van der Waals surface area contributed by atoms with Gasteiger partial charge in [-0.3, -0.25) is 0 Å². The van der Waals surface area contributed by atoms with Gasteiger partial charge >= 0.3 is 5.97 Å². The molecule has 2 bridgehead atoms. The monoisotopic (exact) mass is 299 g/mol. The molecule has 3 heteroatoms. The molecule has 1 spiro atoms. The third-order valence-corrected chi connectivity index (χ3v) is 4.80. The highest BCUT2D eigenvalue weighted by molar-refractivity contribution is 5.89. The minimum absolute atomic E-state index is 0.198. The van der Waals surface area contributed by atoms with Gasteiger partial charge in [0.05, 0.1) is 0 Å². The molecule has 0 aromatic rings. The summed E-state index contributed by atoms with van der Waals surface area (Å²) in [5.74, 6) is 6.38. The van der Waals surface area contributed by atoms with E-state index >= 15 is 0 Å². The maximum absolute atomic E-state index is 11.9. The standard InChI is InChI=1S/C19H25NO2/c1-2-3-4-6-9-15-12-16-14-19(10-7-5-8-11-20-16)17(15)13-18(21)22-19/h12-13,16,20H,2-5,7-8,10-11,14H2,1H3. The number of hydrogen-bond acceptors (Lipinski definition) is 3. The van der Waals surface area contributed by atoms with Crippen molar-refractivity contribution in [2.45, 2.75) is 69.9 Å². The summed E-state index contributed by atoms with van der Waals surface area (Å²) in [5, 5.41) is 3.58. The van der Waals surface area contributed by atoms with Gasteiger partial charge in [0.1, 0.15) is 5.60 Å². The third kappa shape index (κ3) is 3.13. The number of hydrogen-bond donors (Lipinski definition) is 1. The molecule has 2 unspecified atom stereocenters. The minimum atomic E-state index is -0.428. The highest BCUT2D eigenvalue weighted by Gasteiger charge is 2.47. The molecule has 3 nitrogen and oxygen atoms in total. The Morgan fingerprint density at radius 3 is 3.18 bits per heavy atom. The van der Waals surface area contributed by atoms with Gasteiger partial charge in [-0.25, -0.2) is 4.79 Å². The fourth-order valence-corrected chi connectivity index (χ4v) is 3.66. The van der Waals surface area contributed by atoms with Gasteiger partial charge < -0.3 is 10.1 Å². The second kappa shape index (κ2) is 6.71. The van der Waals surface area contributed by atoms with Gasteiger partial charge in [-0.2, -0.15) is 0 Å². The number of carbonyl (C=O) groups is 1. The van der Waals surface area contributed by atoms with Gasteiger partial charge in [-0.15, -0.1) is 0 Å². The molecule has 1 saturated heterocycles. The lowest BCUT2D eigenvalue weighted by molar-refractivity contribution is -0.147. The van der Waals surface area contributed by atoms with Crippen LogP contribution < -0.4 is 5.32 Å². The first-order valence-electron chi connectivity index (χ1n) is 8.63. The number of unbranched alkanes of at least 4 members (excludes halogenated alkanes) is 2. The zero-order chi connectivity index (χ0) is 15.4. The largest absolute Gasteiger partial charge is 0.451 e. The first-order chi connectivity index (χ1) is 10.7. The molecule has 22 heavy (non-hydrogen) atoms. The second-order valence-corrected chi connectivity index (χ2v) is 6.53. The fraction of sp³-hybridized carbons (Fsp3) is 0.632. The molecule has 2 aliphatic heterocycles. The quantitative estimate of drug-likeness (QED) is 0.483. The smallest absolute Gasteiger partial charge is 0.332 e. The van der Waals surface area contributed by atoms with Crippen LogP contribution >= 0.6 is 0 Å². The summed E-state index contributed by atoms with van der Waals surface area (Å²) in [5.41, 5.74) is 1.61. The zero-order valence-electron chi connectivity index (χ0n) is 13.4. The Hall–Kier alpha value is -1.53. The number of carbonyl (C=O) groups excluding carboxylic acids is 1. The highest BCUT2D eigenvalue weighted by atomic mass is 16.6. The van der Waals surface area contributed by atoms with Crippen LogP contribution in [-0.4, -0.2) is 24.2 Å². The van der Waals surface area contributed by atoms with Crippen molar-refractivity contribution in [3.63, 3.8) is 0 Å². The van der Waals surface area contributed by atoms with Crippen LogP contribution in [0.3, 0.4) is 0 Å². The average molecular weight is 299 g/mol. The Morgan fingerprint density at radius 2 is 2.32 bits per heavy atom. The lowest BCUT2D eigenvalue weighted by Crippen LogP contribution is -2.44. The van der Waals surface area contributed by atoms with E-state index in [1.54, 1.807) is 6.08 Å². The molecule has 0 aromatic carbocycles. The summed E-state index contributed by atoms with van der Waals surface area (Å²) < 4.78 is 5.79. The predicted octanol–water partition coefficient (Wildman–Crippen LogP) is 3.26. The van der Waals surface area contributed by atoms with Crippen LogP contribution in [0.15, 0.2) is 23.3 Å². The average Bonchev–Trinajstić information content (AvgIpc) is 2.86.